The lowest BCUT2D eigenvalue weighted by Crippen LogP contribution is -2.33. The van der Waals surface area contributed by atoms with Crippen molar-refractivity contribution in [1.82, 2.24) is 4.90 Å². The van der Waals surface area contributed by atoms with E-state index in [4.69, 9.17) is 22.1 Å². The van der Waals surface area contributed by atoms with Gasteiger partial charge in [-0.3, -0.25) is 14.5 Å². The topological polar surface area (TPSA) is 66.8 Å². The molecule has 5 nitrogen and oxygen atoms in total. The minimum atomic E-state index is -1.09. The Balaban J connectivity index is 2.18. The van der Waals surface area contributed by atoms with Crippen molar-refractivity contribution in [3.63, 3.8) is 0 Å². The van der Waals surface area contributed by atoms with Crippen LogP contribution in [0.1, 0.15) is 16.7 Å². The van der Waals surface area contributed by atoms with Gasteiger partial charge in [-0.15, -0.1) is 0 Å². The molecule has 1 heterocycles. The molecule has 1 aliphatic heterocycles. The molecular formula is C17H17NO4S2. The summed E-state index contributed by atoms with van der Waals surface area (Å²) in [5, 5.41) is 8.81. The molecule has 1 saturated heterocycles. The SMILES string of the molecule is COc1cc(C)c(C=CC=C2SC(=S)N(CC(=O)O)C2=O)cc1C. The van der Waals surface area contributed by atoms with E-state index in [-0.39, 0.29) is 10.2 Å². The number of aryl methyl sites for hydroxylation is 2. The zero-order valence-corrected chi connectivity index (χ0v) is 15.2. The average Bonchev–Trinajstić information content (AvgIpc) is 2.77. The van der Waals surface area contributed by atoms with Gasteiger partial charge in [-0.05, 0) is 48.7 Å². The maximum absolute atomic E-state index is 12.1. The molecule has 1 aromatic rings. The molecular weight excluding hydrogens is 346 g/mol. The zero-order chi connectivity index (χ0) is 17.9. The largest absolute Gasteiger partial charge is 0.496 e. The number of methoxy groups -OCH3 is 1. The number of aliphatic carboxylic acids is 1. The van der Waals surface area contributed by atoms with E-state index in [2.05, 4.69) is 0 Å². The molecule has 0 aromatic heterocycles. The lowest BCUT2D eigenvalue weighted by molar-refractivity contribution is -0.140. The molecule has 0 spiro atoms. The van der Waals surface area contributed by atoms with E-state index in [1.165, 1.54) is 0 Å². The summed E-state index contributed by atoms with van der Waals surface area (Å²) in [6.07, 6.45) is 5.31. The van der Waals surface area contributed by atoms with Crippen LogP contribution in [0.3, 0.4) is 0 Å². The number of hydrogen-bond donors (Lipinski definition) is 1. The normalized spacial score (nSPS) is 16.5. The standard InChI is InChI=1S/C17H17NO4S2/c1-10-8-13(22-3)11(2)7-12(10)5-4-6-14-16(21)18(9-15(19)20)17(23)24-14/h4-8H,9H2,1-3H3,(H,19,20). The number of amides is 1. The first-order valence-corrected chi connectivity index (χ1v) is 8.35. The first kappa shape index (κ1) is 18.2. The molecule has 1 N–H and O–H groups in total. The van der Waals surface area contributed by atoms with Gasteiger partial charge in [-0.25, -0.2) is 0 Å². The van der Waals surface area contributed by atoms with Crippen LogP contribution in [0.4, 0.5) is 0 Å². The summed E-state index contributed by atoms with van der Waals surface area (Å²) in [5.41, 5.74) is 3.10. The smallest absolute Gasteiger partial charge is 0.323 e. The second kappa shape index (κ2) is 7.63. The van der Waals surface area contributed by atoms with Crippen molar-refractivity contribution in [1.29, 1.82) is 0 Å². The summed E-state index contributed by atoms with van der Waals surface area (Å²) in [6.45, 7) is 3.53. The molecule has 0 atom stereocenters. The van der Waals surface area contributed by atoms with Crippen molar-refractivity contribution < 1.29 is 19.4 Å². The summed E-state index contributed by atoms with van der Waals surface area (Å²) >= 11 is 6.16. The Kier molecular flexibility index (Phi) is 5.80. The fourth-order valence-corrected chi connectivity index (χ4v) is 3.44. The average molecular weight is 363 g/mol. The zero-order valence-electron chi connectivity index (χ0n) is 13.5. The summed E-state index contributed by atoms with van der Waals surface area (Å²) in [4.78, 5) is 24.4. The minimum absolute atomic E-state index is 0.263. The van der Waals surface area contributed by atoms with Crippen molar-refractivity contribution in [2.24, 2.45) is 0 Å². The van der Waals surface area contributed by atoms with E-state index in [1.807, 2.05) is 32.1 Å². The second-order valence-electron chi connectivity index (χ2n) is 5.22. The van der Waals surface area contributed by atoms with Crippen molar-refractivity contribution in [2.45, 2.75) is 13.8 Å². The van der Waals surface area contributed by atoms with Gasteiger partial charge in [0.25, 0.3) is 5.91 Å². The number of benzene rings is 1. The molecule has 2 rings (SSSR count). The summed E-state index contributed by atoms with van der Waals surface area (Å²) in [7, 11) is 1.64. The number of carboxylic acids is 1. The number of rotatable bonds is 5. The third kappa shape index (κ3) is 4.04. The van der Waals surface area contributed by atoms with Gasteiger partial charge in [0.05, 0.1) is 12.0 Å². The van der Waals surface area contributed by atoms with E-state index >= 15 is 0 Å². The second-order valence-corrected chi connectivity index (χ2v) is 6.90. The van der Waals surface area contributed by atoms with E-state index < -0.39 is 12.5 Å². The van der Waals surface area contributed by atoms with E-state index in [0.717, 1.165) is 39.1 Å². The first-order valence-electron chi connectivity index (χ1n) is 7.12. The molecule has 1 aliphatic rings. The van der Waals surface area contributed by atoms with E-state index in [0.29, 0.717) is 4.91 Å². The lowest BCUT2D eigenvalue weighted by Gasteiger charge is -2.10. The lowest BCUT2D eigenvalue weighted by atomic mass is 10.0. The monoisotopic (exact) mass is 363 g/mol. The quantitative estimate of drug-likeness (QED) is 0.640. The van der Waals surface area contributed by atoms with Gasteiger partial charge in [0.15, 0.2) is 0 Å². The van der Waals surface area contributed by atoms with Gasteiger partial charge in [0.2, 0.25) is 0 Å². The Bertz CT molecular complexity index is 768. The van der Waals surface area contributed by atoms with Crippen molar-refractivity contribution in [2.75, 3.05) is 13.7 Å². The molecule has 0 unspecified atom stereocenters. The number of thiocarbonyl (C=S) groups is 1. The number of nitrogens with zero attached hydrogens (tertiary/aromatic N) is 1. The Morgan fingerprint density at radius 1 is 1.38 bits per heavy atom. The highest BCUT2D eigenvalue weighted by Gasteiger charge is 2.32. The summed E-state index contributed by atoms with van der Waals surface area (Å²) in [5.74, 6) is -0.633. The van der Waals surface area contributed by atoms with Crippen LogP contribution < -0.4 is 4.74 Å². The van der Waals surface area contributed by atoms with Crippen molar-refractivity contribution >= 4 is 46.3 Å². The van der Waals surface area contributed by atoms with Gasteiger partial charge in [-0.1, -0.05) is 36.1 Å². The van der Waals surface area contributed by atoms with Crippen LogP contribution in [0.5, 0.6) is 5.75 Å². The van der Waals surface area contributed by atoms with Crippen LogP contribution in [-0.2, 0) is 9.59 Å². The maximum atomic E-state index is 12.1. The Labute approximate surface area is 150 Å². The number of thioether (sulfide) groups is 1. The Hall–Kier alpha value is -2.12. The number of hydrogen-bond acceptors (Lipinski definition) is 5. The van der Waals surface area contributed by atoms with Crippen molar-refractivity contribution in [3.05, 3.63) is 45.9 Å². The third-order valence-electron chi connectivity index (χ3n) is 3.47. The van der Waals surface area contributed by atoms with Crippen LogP contribution in [-0.4, -0.2) is 39.9 Å². The molecule has 0 bridgehead atoms. The number of allylic oxidation sites excluding steroid dienone is 2. The molecule has 126 valence electrons. The molecule has 24 heavy (non-hydrogen) atoms. The van der Waals surface area contributed by atoms with E-state index in [9.17, 15) is 9.59 Å². The van der Waals surface area contributed by atoms with Crippen LogP contribution in [0.2, 0.25) is 0 Å². The number of ether oxygens (including phenoxy) is 1. The number of carbonyl (C=O) groups excluding carboxylic acids is 1. The molecule has 1 amide bonds. The number of carboxylic acid groups (broad SMARTS) is 1. The Morgan fingerprint density at radius 3 is 2.71 bits per heavy atom. The minimum Gasteiger partial charge on any atom is -0.496 e. The van der Waals surface area contributed by atoms with Gasteiger partial charge in [-0.2, -0.15) is 0 Å². The van der Waals surface area contributed by atoms with Crippen LogP contribution in [0.25, 0.3) is 6.08 Å². The first-order chi connectivity index (χ1) is 11.3. The fraction of sp³-hybridized carbons (Fsp3) is 0.235. The van der Waals surface area contributed by atoms with Crippen LogP contribution >= 0.6 is 24.0 Å². The molecule has 0 saturated carbocycles. The maximum Gasteiger partial charge on any atom is 0.323 e. The van der Waals surface area contributed by atoms with Gasteiger partial charge >= 0.3 is 5.97 Å². The predicted molar refractivity (Wildman–Crippen MR) is 99.1 cm³/mol. The highest BCUT2D eigenvalue weighted by atomic mass is 32.2. The number of carbonyl (C=O) groups is 2. The third-order valence-corrected chi connectivity index (χ3v) is 4.87. The van der Waals surface area contributed by atoms with Crippen molar-refractivity contribution in [3.8, 4) is 5.75 Å². The molecule has 1 fully saturated rings. The van der Waals surface area contributed by atoms with Gasteiger partial charge < -0.3 is 9.84 Å². The highest BCUT2D eigenvalue weighted by molar-refractivity contribution is 8.26. The van der Waals surface area contributed by atoms with Gasteiger partial charge in [0, 0.05) is 0 Å². The van der Waals surface area contributed by atoms with Crippen LogP contribution in [0.15, 0.2) is 29.2 Å². The highest BCUT2D eigenvalue weighted by Crippen LogP contribution is 2.31. The predicted octanol–water partition coefficient (Wildman–Crippen LogP) is 3.15. The molecule has 0 radical (unpaired) electrons. The molecule has 1 aromatic carbocycles. The fourth-order valence-electron chi connectivity index (χ4n) is 2.24. The molecule has 0 aliphatic carbocycles. The summed E-state index contributed by atoms with van der Waals surface area (Å²) < 4.78 is 5.55. The van der Waals surface area contributed by atoms with Crippen LogP contribution in [0, 0.1) is 13.8 Å². The van der Waals surface area contributed by atoms with E-state index in [1.54, 1.807) is 19.3 Å². The van der Waals surface area contributed by atoms with Gasteiger partial charge in [0.1, 0.15) is 16.6 Å². The Morgan fingerprint density at radius 2 is 2.08 bits per heavy atom. The summed E-state index contributed by atoms with van der Waals surface area (Å²) in [6, 6.07) is 3.97. The molecule has 7 heteroatoms.